The van der Waals surface area contributed by atoms with Crippen LogP contribution in [0.3, 0.4) is 0 Å². The largest absolute Gasteiger partial charge is 0.506 e. The van der Waals surface area contributed by atoms with Crippen molar-refractivity contribution in [1.29, 1.82) is 0 Å². The number of hydrogen-bond donors (Lipinski definition) is 4. The molecule has 1 aromatic heterocycles. The van der Waals surface area contributed by atoms with Crippen LogP contribution in [0.4, 0.5) is 39.5 Å². The van der Waals surface area contributed by atoms with Crippen molar-refractivity contribution in [2.45, 2.75) is 82.4 Å². The van der Waals surface area contributed by atoms with Crippen molar-refractivity contribution in [2.24, 2.45) is 0 Å². The van der Waals surface area contributed by atoms with Crippen molar-refractivity contribution in [3.8, 4) is 5.75 Å². The molecule has 294 valence electrons. The predicted octanol–water partition coefficient (Wildman–Crippen LogP) is 6.47. The van der Waals surface area contributed by atoms with Gasteiger partial charge in [-0.1, -0.05) is 61.3 Å². The van der Waals surface area contributed by atoms with Crippen LogP contribution < -0.4 is 15.5 Å². The zero-order valence-electron chi connectivity index (χ0n) is 28.3. The lowest BCUT2D eigenvalue weighted by molar-refractivity contribution is -0.193. The Hall–Kier alpha value is -3.97. The highest BCUT2D eigenvalue weighted by Gasteiger charge is 2.54. The van der Waals surface area contributed by atoms with Crippen molar-refractivity contribution in [2.75, 3.05) is 32.7 Å². The number of rotatable bonds is 14. The van der Waals surface area contributed by atoms with Gasteiger partial charge in [-0.25, -0.2) is 0 Å². The average Bonchev–Trinajstić information content (AvgIpc) is 3.29. The van der Waals surface area contributed by atoms with Crippen LogP contribution in [0.5, 0.6) is 5.75 Å². The van der Waals surface area contributed by atoms with E-state index in [9.17, 15) is 63.8 Å². The smallest absolute Gasteiger partial charge is 0.458 e. The van der Waals surface area contributed by atoms with E-state index in [0.29, 0.717) is 63.1 Å². The van der Waals surface area contributed by atoms with Crippen LogP contribution in [0.2, 0.25) is 0 Å². The third-order valence-electron chi connectivity index (χ3n) is 8.41. The molecule has 53 heavy (non-hydrogen) atoms. The lowest BCUT2D eigenvalue weighted by Crippen LogP contribution is -2.45. The summed E-state index contributed by atoms with van der Waals surface area (Å²) in [4.78, 5) is 48.8. The molecule has 0 unspecified atom stereocenters. The van der Waals surface area contributed by atoms with Crippen molar-refractivity contribution in [1.82, 2.24) is 20.5 Å². The minimum atomic E-state index is -5.77. The monoisotopic (exact) mass is 786 g/mol. The van der Waals surface area contributed by atoms with Gasteiger partial charge < -0.3 is 25.6 Å². The SMILES string of the molecule is O=C(C(=O)C(F)(F)F)C(F)(F)F.O=C(CCNCCc1cccc(C(F)(F)F)c1)N(CCNCCc1ccc(O)c2[nH]c(=O)sc12)C1CCCCCC1. The number of thiazole rings is 1. The molecule has 0 atom stereocenters. The summed E-state index contributed by atoms with van der Waals surface area (Å²) in [7, 11) is 0. The van der Waals surface area contributed by atoms with Crippen LogP contribution in [-0.4, -0.2) is 83.6 Å². The van der Waals surface area contributed by atoms with Crippen molar-refractivity contribution < 1.29 is 59.0 Å². The molecule has 0 bridgehead atoms. The maximum atomic E-state index is 13.3. The zero-order chi connectivity index (χ0) is 39.4. The Labute approximate surface area is 301 Å². The van der Waals surface area contributed by atoms with E-state index in [-0.39, 0.29) is 22.6 Å². The Morgan fingerprint density at radius 2 is 1.42 bits per heavy atom. The van der Waals surface area contributed by atoms with Crippen LogP contribution in [-0.2, 0) is 33.4 Å². The second-order valence-electron chi connectivity index (χ2n) is 12.3. The molecule has 2 aromatic carbocycles. The molecule has 1 fully saturated rings. The van der Waals surface area contributed by atoms with Gasteiger partial charge in [0.2, 0.25) is 5.91 Å². The highest BCUT2D eigenvalue weighted by atomic mass is 32.1. The Bertz CT molecular complexity index is 1710. The van der Waals surface area contributed by atoms with Gasteiger partial charge in [0.25, 0.3) is 0 Å². The summed E-state index contributed by atoms with van der Waals surface area (Å²) in [6.07, 6.45) is -7.76. The first kappa shape index (κ1) is 43.4. The van der Waals surface area contributed by atoms with Gasteiger partial charge in [-0.2, -0.15) is 39.5 Å². The van der Waals surface area contributed by atoms with Crippen LogP contribution in [0.1, 0.15) is 61.6 Å². The first-order valence-electron chi connectivity index (χ1n) is 16.7. The van der Waals surface area contributed by atoms with E-state index < -0.39 is 35.7 Å². The number of phenols is 1. The fourth-order valence-electron chi connectivity index (χ4n) is 5.76. The molecule has 3 aromatic rings. The maximum Gasteiger partial charge on any atom is 0.458 e. The summed E-state index contributed by atoms with van der Waals surface area (Å²) in [5.74, 6) is -6.65. The summed E-state index contributed by atoms with van der Waals surface area (Å²) in [6.45, 7) is 2.91. The fourth-order valence-corrected chi connectivity index (χ4v) is 6.65. The quantitative estimate of drug-likeness (QED) is 0.0638. The number of aromatic nitrogens is 1. The van der Waals surface area contributed by atoms with Crippen LogP contribution in [0.25, 0.3) is 10.2 Å². The number of benzene rings is 2. The Kier molecular flexibility index (Phi) is 15.9. The van der Waals surface area contributed by atoms with Crippen molar-refractivity contribution >= 4 is 39.0 Å². The number of nitrogens with one attached hydrogen (secondary N) is 3. The topological polar surface area (TPSA) is 132 Å². The van der Waals surface area contributed by atoms with Gasteiger partial charge >= 0.3 is 35.0 Å². The molecule has 1 aliphatic rings. The molecule has 0 saturated heterocycles. The number of amides is 1. The first-order chi connectivity index (χ1) is 24.8. The van der Waals surface area contributed by atoms with Crippen molar-refractivity contribution in [3.63, 3.8) is 0 Å². The summed E-state index contributed by atoms with van der Waals surface area (Å²) in [6, 6.07) is 9.03. The fraction of sp³-hybridized carbons (Fsp3) is 0.529. The van der Waals surface area contributed by atoms with E-state index in [1.54, 1.807) is 12.1 Å². The molecule has 1 saturated carbocycles. The van der Waals surface area contributed by atoms with E-state index >= 15 is 0 Å². The number of Topliss-reactive ketones (excluding diaryl/α,β-unsaturated/α-hetero) is 2. The molecule has 1 heterocycles. The standard InChI is InChI=1S/C30H39F3N4O3S.C4F6O2/c31-30(32,33)23-7-5-6-21(20-23)12-15-34-17-14-26(39)37(24-8-3-1-2-4-9-24)19-18-35-16-13-22-10-11-25(38)27-28(22)41-29(40)36-27;5-3(6,7)1(11)2(12)4(8,9)10/h5-7,10-11,20,24,34-35,38H,1-4,8-9,12-19H2,(H,36,40);. The summed E-state index contributed by atoms with van der Waals surface area (Å²) in [5, 5.41) is 16.7. The second kappa shape index (κ2) is 19.4. The van der Waals surface area contributed by atoms with E-state index in [1.807, 2.05) is 11.0 Å². The molecular weight excluding hydrogens is 747 g/mol. The minimum absolute atomic E-state index is 0.0674. The van der Waals surface area contributed by atoms with Gasteiger partial charge in [-0.15, -0.1) is 0 Å². The number of fused-ring (bicyclic) bond motifs is 1. The van der Waals surface area contributed by atoms with Crippen LogP contribution in [0, 0.1) is 0 Å². The number of carbonyl (C=O) groups excluding carboxylic acids is 3. The molecule has 9 nitrogen and oxygen atoms in total. The van der Waals surface area contributed by atoms with Crippen LogP contribution >= 0.6 is 11.3 Å². The Balaban J connectivity index is 0.000000541. The van der Waals surface area contributed by atoms with E-state index in [4.69, 9.17) is 0 Å². The molecule has 4 rings (SSSR count). The number of aromatic amines is 1. The lowest BCUT2D eigenvalue weighted by Gasteiger charge is -2.32. The highest BCUT2D eigenvalue weighted by Crippen LogP contribution is 2.30. The molecule has 0 radical (unpaired) electrons. The number of carbonyl (C=O) groups is 3. The summed E-state index contributed by atoms with van der Waals surface area (Å²) < 4.78 is 107. The van der Waals surface area contributed by atoms with Gasteiger partial charge in [-0.05, 0) is 62.0 Å². The summed E-state index contributed by atoms with van der Waals surface area (Å²) >= 11 is 1.09. The first-order valence-corrected chi connectivity index (χ1v) is 17.5. The third kappa shape index (κ3) is 13.7. The molecule has 0 aliphatic heterocycles. The number of H-pyrrole nitrogens is 1. The van der Waals surface area contributed by atoms with Gasteiger partial charge in [0.1, 0.15) is 11.3 Å². The Morgan fingerprint density at radius 1 is 0.811 bits per heavy atom. The number of ketones is 2. The zero-order valence-corrected chi connectivity index (χ0v) is 29.1. The van der Waals surface area contributed by atoms with Gasteiger partial charge in [0.05, 0.1) is 10.3 Å². The molecule has 1 amide bonds. The highest BCUT2D eigenvalue weighted by molar-refractivity contribution is 7.16. The van der Waals surface area contributed by atoms with E-state index in [0.717, 1.165) is 53.3 Å². The van der Waals surface area contributed by atoms with Gasteiger partial charge in [-0.3, -0.25) is 19.2 Å². The van der Waals surface area contributed by atoms with Crippen molar-refractivity contribution in [3.05, 3.63) is 62.8 Å². The number of nitrogens with zero attached hydrogens (tertiary/aromatic N) is 1. The molecular formula is C34H39F9N4O5S. The van der Waals surface area contributed by atoms with Crippen LogP contribution in [0.15, 0.2) is 41.2 Å². The predicted molar refractivity (Wildman–Crippen MR) is 179 cm³/mol. The molecule has 1 aliphatic carbocycles. The number of aromatic hydroxyl groups is 1. The third-order valence-corrected chi connectivity index (χ3v) is 9.36. The molecule has 4 N–H and O–H groups in total. The lowest BCUT2D eigenvalue weighted by atomic mass is 10.1. The van der Waals surface area contributed by atoms with E-state index in [2.05, 4.69) is 15.6 Å². The molecule has 19 heteroatoms. The van der Waals surface area contributed by atoms with Gasteiger partial charge in [0, 0.05) is 32.1 Å². The Morgan fingerprint density at radius 3 is 2.02 bits per heavy atom. The van der Waals surface area contributed by atoms with Gasteiger partial charge in [0.15, 0.2) is 0 Å². The maximum absolute atomic E-state index is 13.3. The average molecular weight is 787 g/mol. The normalized spacial score (nSPS) is 14.4. The summed E-state index contributed by atoms with van der Waals surface area (Å²) in [5.41, 5.74) is 1.44. The number of phenolic OH excluding ortho intramolecular Hbond substituents is 1. The second-order valence-corrected chi connectivity index (χ2v) is 13.3. The van der Waals surface area contributed by atoms with E-state index in [1.165, 1.54) is 25.0 Å². The minimum Gasteiger partial charge on any atom is -0.506 e. The number of alkyl halides is 9. The number of halogens is 9. The number of hydrogen-bond acceptors (Lipinski definition) is 8. The molecule has 0 spiro atoms.